The van der Waals surface area contributed by atoms with Crippen molar-refractivity contribution in [3.63, 3.8) is 0 Å². The number of hydrogen-bond donors (Lipinski definition) is 1. The molecule has 3 heteroatoms. The lowest BCUT2D eigenvalue weighted by Gasteiger charge is -2.38. The molecule has 1 aromatic carbocycles. The highest BCUT2D eigenvalue weighted by Crippen LogP contribution is 2.28. The van der Waals surface area contributed by atoms with Gasteiger partial charge in [0.2, 0.25) is 0 Å². The Balaban J connectivity index is 2.23. The number of benzene rings is 1. The highest BCUT2D eigenvalue weighted by atomic mass is 79.9. The monoisotopic (exact) mass is 282 g/mol. The van der Waals surface area contributed by atoms with Crippen LogP contribution in [0.4, 0.5) is 5.69 Å². The first-order valence-electron chi connectivity index (χ1n) is 5.85. The van der Waals surface area contributed by atoms with Crippen LogP contribution in [-0.2, 0) is 0 Å². The molecule has 2 atom stereocenters. The molecular weight excluding hydrogens is 264 g/mol. The number of nitrogens with two attached hydrogens (primary N) is 1. The molecular formula is C13H19BrN2. The van der Waals surface area contributed by atoms with Gasteiger partial charge in [0.05, 0.1) is 0 Å². The van der Waals surface area contributed by atoms with Crippen molar-refractivity contribution in [2.24, 2.45) is 5.73 Å². The average Bonchev–Trinajstić information content (AvgIpc) is 2.15. The van der Waals surface area contributed by atoms with E-state index in [9.17, 15) is 0 Å². The predicted molar refractivity (Wildman–Crippen MR) is 72.9 cm³/mol. The molecule has 0 bridgehead atoms. The van der Waals surface area contributed by atoms with Crippen LogP contribution in [0.3, 0.4) is 0 Å². The van der Waals surface area contributed by atoms with Gasteiger partial charge in [-0.3, -0.25) is 0 Å². The number of nitrogens with zero attached hydrogens (tertiary/aromatic N) is 1. The van der Waals surface area contributed by atoms with Crippen molar-refractivity contribution in [3.8, 4) is 0 Å². The van der Waals surface area contributed by atoms with Gasteiger partial charge in [-0.1, -0.05) is 15.9 Å². The molecule has 0 amide bonds. The fourth-order valence-corrected chi connectivity index (χ4v) is 3.07. The Morgan fingerprint density at radius 1 is 1.38 bits per heavy atom. The van der Waals surface area contributed by atoms with Gasteiger partial charge < -0.3 is 10.6 Å². The van der Waals surface area contributed by atoms with Crippen LogP contribution in [0.15, 0.2) is 22.7 Å². The number of anilines is 1. The van der Waals surface area contributed by atoms with Crippen molar-refractivity contribution in [1.29, 1.82) is 0 Å². The Morgan fingerprint density at radius 3 is 2.75 bits per heavy atom. The Bertz CT molecular complexity index is 358. The third kappa shape index (κ3) is 2.58. The Hall–Kier alpha value is -0.540. The molecule has 0 saturated carbocycles. The Labute approximate surface area is 106 Å². The van der Waals surface area contributed by atoms with Gasteiger partial charge in [0, 0.05) is 28.8 Å². The van der Waals surface area contributed by atoms with E-state index < -0.39 is 0 Å². The van der Waals surface area contributed by atoms with Crippen LogP contribution in [0.2, 0.25) is 0 Å². The van der Waals surface area contributed by atoms with Crippen LogP contribution in [0.1, 0.15) is 25.3 Å². The van der Waals surface area contributed by atoms with Gasteiger partial charge in [0.25, 0.3) is 0 Å². The van der Waals surface area contributed by atoms with E-state index in [1.165, 1.54) is 11.3 Å². The van der Waals surface area contributed by atoms with Gasteiger partial charge in [-0.15, -0.1) is 0 Å². The normalized spacial score (nSPS) is 25.9. The fourth-order valence-electron chi connectivity index (χ4n) is 2.47. The average molecular weight is 283 g/mol. The van der Waals surface area contributed by atoms with Gasteiger partial charge in [-0.05, 0) is 50.5 Å². The summed E-state index contributed by atoms with van der Waals surface area (Å²) in [5.74, 6) is 0. The van der Waals surface area contributed by atoms with E-state index in [-0.39, 0.29) is 0 Å². The standard InChI is InChI=1S/C13H19BrN2/c1-9-5-11(14)8-13(6-9)16-4-3-12(15)7-10(16)2/h5-6,8,10,12H,3-4,7,15H2,1-2H3. The molecule has 0 radical (unpaired) electrons. The van der Waals surface area contributed by atoms with Crippen molar-refractivity contribution >= 4 is 21.6 Å². The van der Waals surface area contributed by atoms with Crippen molar-refractivity contribution in [2.45, 2.75) is 38.8 Å². The first kappa shape index (κ1) is 11.9. The zero-order valence-electron chi connectivity index (χ0n) is 9.91. The van der Waals surface area contributed by atoms with Crippen LogP contribution >= 0.6 is 15.9 Å². The first-order chi connectivity index (χ1) is 7.56. The maximum atomic E-state index is 5.99. The molecule has 1 heterocycles. The summed E-state index contributed by atoms with van der Waals surface area (Å²) in [7, 11) is 0. The molecule has 0 spiro atoms. The molecule has 0 aromatic heterocycles. The SMILES string of the molecule is Cc1cc(Br)cc(N2CCC(N)CC2C)c1. The van der Waals surface area contributed by atoms with E-state index >= 15 is 0 Å². The Kier molecular flexibility index (Phi) is 3.55. The van der Waals surface area contributed by atoms with E-state index in [1.807, 2.05) is 0 Å². The van der Waals surface area contributed by atoms with Crippen molar-refractivity contribution in [2.75, 3.05) is 11.4 Å². The second-order valence-corrected chi connectivity index (χ2v) is 5.73. The molecule has 2 nitrogen and oxygen atoms in total. The highest BCUT2D eigenvalue weighted by Gasteiger charge is 2.23. The number of hydrogen-bond acceptors (Lipinski definition) is 2. The van der Waals surface area contributed by atoms with Gasteiger partial charge >= 0.3 is 0 Å². The van der Waals surface area contributed by atoms with E-state index in [2.05, 4.69) is 52.9 Å². The molecule has 2 unspecified atom stereocenters. The summed E-state index contributed by atoms with van der Waals surface area (Å²) in [4.78, 5) is 2.46. The summed E-state index contributed by atoms with van der Waals surface area (Å²) in [6.45, 7) is 5.46. The fraction of sp³-hybridized carbons (Fsp3) is 0.538. The molecule has 1 aliphatic heterocycles. The number of aryl methyl sites for hydroxylation is 1. The Morgan fingerprint density at radius 2 is 2.12 bits per heavy atom. The smallest absolute Gasteiger partial charge is 0.0382 e. The molecule has 1 aliphatic rings. The minimum atomic E-state index is 0.375. The van der Waals surface area contributed by atoms with Crippen LogP contribution < -0.4 is 10.6 Å². The molecule has 88 valence electrons. The third-order valence-corrected chi connectivity index (χ3v) is 3.73. The molecule has 16 heavy (non-hydrogen) atoms. The quantitative estimate of drug-likeness (QED) is 0.858. The van der Waals surface area contributed by atoms with Crippen LogP contribution in [0, 0.1) is 6.92 Å². The summed E-state index contributed by atoms with van der Waals surface area (Å²) in [6, 6.07) is 7.50. The zero-order chi connectivity index (χ0) is 11.7. The maximum absolute atomic E-state index is 5.99. The topological polar surface area (TPSA) is 29.3 Å². The van der Waals surface area contributed by atoms with E-state index in [1.54, 1.807) is 0 Å². The van der Waals surface area contributed by atoms with E-state index in [4.69, 9.17) is 5.73 Å². The number of rotatable bonds is 1. The third-order valence-electron chi connectivity index (χ3n) is 3.28. The highest BCUT2D eigenvalue weighted by molar-refractivity contribution is 9.10. The number of piperidine rings is 1. The van der Waals surface area contributed by atoms with Crippen molar-refractivity contribution < 1.29 is 0 Å². The lowest BCUT2D eigenvalue weighted by Crippen LogP contribution is -2.45. The minimum absolute atomic E-state index is 0.375. The molecule has 1 fully saturated rings. The van der Waals surface area contributed by atoms with Gasteiger partial charge in [-0.2, -0.15) is 0 Å². The maximum Gasteiger partial charge on any atom is 0.0382 e. The predicted octanol–water partition coefficient (Wildman–Crippen LogP) is 3.07. The zero-order valence-corrected chi connectivity index (χ0v) is 11.5. The second-order valence-electron chi connectivity index (χ2n) is 4.81. The molecule has 1 saturated heterocycles. The molecule has 2 N–H and O–H groups in total. The van der Waals surface area contributed by atoms with E-state index in [0.29, 0.717) is 12.1 Å². The largest absolute Gasteiger partial charge is 0.369 e. The molecule has 2 rings (SSSR count). The minimum Gasteiger partial charge on any atom is -0.369 e. The van der Waals surface area contributed by atoms with E-state index in [0.717, 1.165) is 23.9 Å². The summed E-state index contributed by atoms with van der Waals surface area (Å²) in [5, 5.41) is 0. The molecule has 1 aromatic rings. The van der Waals surface area contributed by atoms with Gasteiger partial charge in [0.15, 0.2) is 0 Å². The second kappa shape index (κ2) is 4.76. The molecule has 0 aliphatic carbocycles. The number of halogens is 1. The summed E-state index contributed by atoms with van der Waals surface area (Å²) in [6.07, 6.45) is 2.18. The van der Waals surface area contributed by atoms with Crippen LogP contribution in [-0.4, -0.2) is 18.6 Å². The summed E-state index contributed by atoms with van der Waals surface area (Å²) < 4.78 is 1.16. The van der Waals surface area contributed by atoms with Crippen LogP contribution in [0.5, 0.6) is 0 Å². The van der Waals surface area contributed by atoms with Crippen molar-refractivity contribution in [1.82, 2.24) is 0 Å². The summed E-state index contributed by atoms with van der Waals surface area (Å²) >= 11 is 3.56. The van der Waals surface area contributed by atoms with Gasteiger partial charge in [-0.25, -0.2) is 0 Å². The van der Waals surface area contributed by atoms with Gasteiger partial charge in [0.1, 0.15) is 0 Å². The summed E-state index contributed by atoms with van der Waals surface area (Å²) in [5.41, 5.74) is 8.60. The van der Waals surface area contributed by atoms with Crippen LogP contribution in [0.25, 0.3) is 0 Å². The van der Waals surface area contributed by atoms with Crippen molar-refractivity contribution in [3.05, 3.63) is 28.2 Å². The first-order valence-corrected chi connectivity index (χ1v) is 6.65. The lowest BCUT2D eigenvalue weighted by atomic mass is 9.98. The lowest BCUT2D eigenvalue weighted by molar-refractivity contribution is 0.430.